The van der Waals surface area contributed by atoms with Gasteiger partial charge in [-0.3, -0.25) is 4.79 Å². The maximum Gasteiger partial charge on any atom is 0.270 e. The topological polar surface area (TPSA) is 53.9 Å². The van der Waals surface area contributed by atoms with E-state index in [2.05, 4.69) is 34.7 Å². The van der Waals surface area contributed by atoms with Gasteiger partial charge < -0.3 is 14.5 Å². The summed E-state index contributed by atoms with van der Waals surface area (Å²) < 4.78 is 2.40. The van der Waals surface area contributed by atoms with E-state index in [4.69, 9.17) is 4.98 Å². The summed E-state index contributed by atoms with van der Waals surface area (Å²) >= 11 is 0. The van der Waals surface area contributed by atoms with Gasteiger partial charge in [0.15, 0.2) is 0 Å². The lowest BCUT2D eigenvalue weighted by atomic mass is 10.0. The van der Waals surface area contributed by atoms with Gasteiger partial charge in [0.25, 0.3) is 5.91 Å². The Hall–Kier alpha value is -3.08. The van der Waals surface area contributed by atoms with Crippen LogP contribution in [0.15, 0.2) is 54.6 Å². The molecular formula is C23H24N4O. The molecule has 1 amide bonds. The van der Waals surface area contributed by atoms with E-state index in [9.17, 15) is 4.79 Å². The van der Waals surface area contributed by atoms with E-state index in [0.29, 0.717) is 11.7 Å². The van der Waals surface area contributed by atoms with E-state index in [1.54, 1.807) is 0 Å². The lowest BCUT2D eigenvalue weighted by Crippen LogP contribution is -2.39. The van der Waals surface area contributed by atoms with Gasteiger partial charge in [-0.25, -0.2) is 4.98 Å². The predicted molar refractivity (Wildman–Crippen MR) is 112 cm³/mol. The zero-order chi connectivity index (χ0) is 19.1. The van der Waals surface area contributed by atoms with Crippen molar-refractivity contribution < 1.29 is 4.79 Å². The molecule has 5 nitrogen and oxygen atoms in total. The van der Waals surface area contributed by atoms with Crippen LogP contribution in [0.1, 0.15) is 42.1 Å². The number of imidazole rings is 1. The minimum Gasteiger partial charge on any atom is -0.351 e. The highest BCUT2D eigenvalue weighted by molar-refractivity contribution is 5.98. The van der Waals surface area contributed by atoms with Crippen LogP contribution in [0.2, 0.25) is 0 Å². The molecule has 28 heavy (non-hydrogen) atoms. The number of hydrogen-bond acceptors (Lipinski definition) is 2. The average Bonchev–Trinajstić information content (AvgIpc) is 3.34. The van der Waals surface area contributed by atoms with Gasteiger partial charge in [0, 0.05) is 36.5 Å². The molecule has 0 spiro atoms. The standard InChI is InChI=1S/C23H24N4O/c1-2-22-25-19-9-5-6-10-21(19)27(22)17-11-13-26(14-12-17)23(28)20-15-16-7-3-4-8-18(16)24-20/h3-10,15,17,24H,2,11-14H2,1H3. The summed E-state index contributed by atoms with van der Waals surface area (Å²) in [4.78, 5) is 23.0. The molecule has 2 aromatic carbocycles. The van der Waals surface area contributed by atoms with Gasteiger partial charge in [-0.05, 0) is 37.1 Å². The van der Waals surface area contributed by atoms with Crippen molar-refractivity contribution in [3.63, 3.8) is 0 Å². The summed E-state index contributed by atoms with van der Waals surface area (Å²) in [5.74, 6) is 1.24. The first-order valence-electron chi connectivity index (χ1n) is 10.1. The highest BCUT2D eigenvalue weighted by Gasteiger charge is 2.27. The van der Waals surface area contributed by atoms with Crippen LogP contribution in [0.25, 0.3) is 21.9 Å². The third-order valence-corrected chi connectivity index (χ3v) is 5.86. The van der Waals surface area contributed by atoms with Crippen LogP contribution in [0.5, 0.6) is 0 Å². The van der Waals surface area contributed by atoms with E-state index < -0.39 is 0 Å². The Morgan fingerprint density at radius 1 is 1.11 bits per heavy atom. The van der Waals surface area contributed by atoms with Crippen molar-refractivity contribution in [2.45, 2.75) is 32.2 Å². The van der Waals surface area contributed by atoms with Crippen LogP contribution in [-0.2, 0) is 6.42 Å². The Morgan fingerprint density at radius 3 is 2.64 bits per heavy atom. The Balaban J connectivity index is 1.36. The molecular weight excluding hydrogens is 348 g/mol. The van der Waals surface area contributed by atoms with Crippen LogP contribution in [-0.4, -0.2) is 38.4 Å². The molecule has 2 aromatic heterocycles. The van der Waals surface area contributed by atoms with E-state index >= 15 is 0 Å². The number of benzene rings is 2. The van der Waals surface area contributed by atoms with Gasteiger partial charge in [0.1, 0.15) is 11.5 Å². The molecule has 5 heteroatoms. The van der Waals surface area contributed by atoms with Gasteiger partial charge in [-0.2, -0.15) is 0 Å². The fraction of sp³-hybridized carbons (Fsp3) is 0.304. The predicted octanol–water partition coefficient (Wildman–Crippen LogP) is 4.56. The highest BCUT2D eigenvalue weighted by Crippen LogP contribution is 2.30. The fourth-order valence-electron chi connectivity index (χ4n) is 4.44. The normalized spacial score (nSPS) is 15.5. The van der Waals surface area contributed by atoms with Crippen molar-refractivity contribution in [1.29, 1.82) is 0 Å². The quantitative estimate of drug-likeness (QED) is 0.573. The molecule has 3 heterocycles. The van der Waals surface area contributed by atoms with Crippen molar-refractivity contribution in [3.05, 3.63) is 66.1 Å². The Bertz CT molecular complexity index is 1110. The number of likely N-dealkylation sites (tertiary alicyclic amines) is 1. The molecule has 0 aliphatic carbocycles. The van der Waals surface area contributed by atoms with E-state index in [1.807, 2.05) is 41.3 Å². The van der Waals surface area contributed by atoms with Gasteiger partial charge in [0.2, 0.25) is 0 Å². The van der Waals surface area contributed by atoms with Crippen molar-refractivity contribution >= 4 is 27.8 Å². The first kappa shape index (κ1) is 17.0. The summed E-state index contributed by atoms with van der Waals surface area (Å²) in [6.45, 7) is 3.70. The molecule has 1 aliphatic heterocycles. The van der Waals surface area contributed by atoms with E-state index in [1.165, 1.54) is 5.52 Å². The van der Waals surface area contributed by atoms with E-state index in [-0.39, 0.29) is 5.91 Å². The number of H-pyrrole nitrogens is 1. The monoisotopic (exact) mass is 372 g/mol. The van der Waals surface area contributed by atoms with E-state index in [0.717, 1.165) is 54.6 Å². The second-order valence-electron chi connectivity index (χ2n) is 7.53. The van der Waals surface area contributed by atoms with Crippen molar-refractivity contribution in [2.24, 2.45) is 0 Å². The molecule has 142 valence electrons. The second kappa shape index (κ2) is 6.82. The number of piperidine rings is 1. The molecule has 0 radical (unpaired) electrons. The molecule has 1 N–H and O–H groups in total. The average molecular weight is 372 g/mol. The number of hydrogen-bond donors (Lipinski definition) is 1. The summed E-state index contributed by atoms with van der Waals surface area (Å²) in [5.41, 5.74) is 3.97. The van der Waals surface area contributed by atoms with Crippen LogP contribution >= 0.6 is 0 Å². The maximum absolute atomic E-state index is 13.0. The van der Waals surface area contributed by atoms with Crippen molar-refractivity contribution in [2.75, 3.05) is 13.1 Å². The number of nitrogens with zero attached hydrogens (tertiary/aromatic N) is 3. The van der Waals surface area contributed by atoms with Crippen LogP contribution < -0.4 is 0 Å². The zero-order valence-corrected chi connectivity index (χ0v) is 16.1. The molecule has 1 fully saturated rings. The number of aromatic amines is 1. The summed E-state index contributed by atoms with van der Waals surface area (Å²) in [6, 6.07) is 18.7. The molecule has 0 unspecified atom stereocenters. The van der Waals surface area contributed by atoms with Gasteiger partial charge >= 0.3 is 0 Å². The largest absolute Gasteiger partial charge is 0.351 e. The second-order valence-corrected chi connectivity index (χ2v) is 7.53. The fourth-order valence-corrected chi connectivity index (χ4v) is 4.44. The SMILES string of the molecule is CCc1nc2ccccc2n1C1CCN(C(=O)c2cc3ccccc3[nH]2)CC1. The molecule has 1 aliphatic rings. The molecule has 5 rings (SSSR count). The number of aryl methyl sites for hydroxylation is 1. The first-order chi connectivity index (χ1) is 13.7. The number of carbonyl (C=O) groups excluding carboxylic acids is 1. The number of para-hydroxylation sites is 3. The minimum absolute atomic E-state index is 0.0980. The maximum atomic E-state index is 13.0. The summed E-state index contributed by atoms with van der Waals surface area (Å²) in [6.07, 6.45) is 2.83. The van der Waals surface area contributed by atoms with Crippen LogP contribution in [0.4, 0.5) is 0 Å². The molecule has 1 saturated heterocycles. The number of fused-ring (bicyclic) bond motifs is 2. The number of rotatable bonds is 3. The van der Waals surface area contributed by atoms with Crippen LogP contribution in [0.3, 0.4) is 0 Å². The minimum atomic E-state index is 0.0980. The van der Waals surface area contributed by atoms with Crippen molar-refractivity contribution in [3.8, 4) is 0 Å². The first-order valence-corrected chi connectivity index (χ1v) is 10.1. The smallest absolute Gasteiger partial charge is 0.270 e. The molecule has 4 aromatic rings. The van der Waals surface area contributed by atoms with Gasteiger partial charge in [-0.1, -0.05) is 37.3 Å². The number of nitrogens with one attached hydrogen (secondary N) is 1. The summed E-state index contributed by atoms with van der Waals surface area (Å²) in [5, 5.41) is 1.08. The number of carbonyl (C=O) groups is 1. The van der Waals surface area contributed by atoms with Crippen molar-refractivity contribution in [1.82, 2.24) is 19.4 Å². The van der Waals surface area contributed by atoms with Gasteiger partial charge in [-0.15, -0.1) is 0 Å². The number of aromatic nitrogens is 3. The summed E-state index contributed by atoms with van der Waals surface area (Å²) in [7, 11) is 0. The Kier molecular flexibility index (Phi) is 4.15. The third-order valence-electron chi connectivity index (χ3n) is 5.86. The zero-order valence-electron chi connectivity index (χ0n) is 16.1. The van der Waals surface area contributed by atoms with Gasteiger partial charge in [0.05, 0.1) is 11.0 Å². The Morgan fingerprint density at radius 2 is 1.86 bits per heavy atom. The lowest BCUT2D eigenvalue weighted by molar-refractivity contribution is 0.0690. The highest BCUT2D eigenvalue weighted by atomic mass is 16.2. The number of amides is 1. The Labute approximate surface area is 164 Å². The molecule has 0 saturated carbocycles. The third kappa shape index (κ3) is 2.78. The molecule has 0 bridgehead atoms. The molecule has 0 atom stereocenters. The van der Waals surface area contributed by atoms with Crippen LogP contribution in [0, 0.1) is 0 Å². The lowest BCUT2D eigenvalue weighted by Gasteiger charge is -2.33.